The molecule has 0 saturated heterocycles. The highest BCUT2D eigenvalue weighted by atomic mass is 16.5. The van der Waals surface area contributed by atoms with E-state index in [1.807, 2.05) is 6.07 Å². The van der Waals surface area contributed by atoms with E-state index in [4.69, 9.17) is 4.74 Å². The van der Waals surface area contributed by atoms with Crippen molar-refractivity contribution in [3.05, 3.63) is 53.0 Å². The van der Waals surface area contributed by atoms with Crippen molar-refractivity contribution in [3.63, 3.8) is 0 Å². The van der Waals surface area contributed by atoms with Gasteiger partial charge in [-0.25, -0.2) is 9.97 Å². The lowest BCUT2D eigenvalue weighted by Gasteiger charge is -2.21. The molecule has 21 heavy (non-hydrogen) atoms. The van der Waals surface area contributed by atoms with E-state index < -0.39 is 0 Å². The van der Waals surface area contributed by atoms with Gasteiger partial charge in [-0.3, -0.25) is 0 Å². The van der Waals surface area contributed by atoms with Crippen LogP contribution in [0.25, 0.3) is 0 Å². The molecule has 2 rings (SSSR count). The van der Waals surface area contributed by atoms with Crippen molar-refractivity contribution in [3.8, 4) is 5.88 Å². The quantitative estimate of drug-likeness (QED) is 0.885. The smallest absolute Gasteiger partial charge is 0.216 e. The topological polar surface area (TPSA) is 47.0 Å². The van der Waals surface area contributed by atoms with Crippen LogP contribution in [0.15, 0.2) is 30.6 Å². The number of benzene rings is 1. The molecule has 2 aromatic rings. The summed E-state index contributed by atoms with van der Waals surface area (Å²) in [6.07, 6.45) is 2.63. The molecule has 4 nitrogen and oxygen atoms in total. The first-order chi connectivity index (χ1) is 10.2. The Labute approximate surface area is 126 Å². The lowest BCUT2D eigenvalue weighted by Crippen LogP contribution is -2.25. The van der Waals surface area contributed by atoms with Crippen LogP contribution < -0.4 is 10.1 Å². The first-order valence-electron chi connectivity index (χ1n) is 7.32. The van der Waals surface area contributed by atoms with E-state index in [0.717, 1.165) is 18.7 Å². The van der Waals surface area contributed by atoms with Gasteiger partial charge in [-0.15, -0.1) is 0 Å². The Kier molecular flexibility index (Phi) is 5.28. The lowest BCUT2D eigenvalue weighted by molar-refractivity contribution is 0.394. The zero-order valence-corrected chi connectivity index (χ0v) is 13.2. The van der Waals surface area contributed by atoms with Gasteiger partial charge in [0.2, 0.25) is 5.88 Å². The van der Waals surface area contributed by atoms with Gasteiger partial charge in [0.05, 0.1) is 18.8 Å². The van der Waals surface area contributed by atoms with Crippen molar-refractivity contribution in [1.29, 1.82) is 0 Å². The number of aryl methyl sites for hydroxylation is 1. The fraction of sp³-hybridized carbons (Fsp3) is 0.412. The van der Waals surface area contributed by atoms with Gasteiger partial charge in [-0.05, 0) is 43.5 Å². The number of aromatic nitrogens is 2. The first-order valence-corrected chi connectivity index (χ1v) is 7.32. The first kappa shape index (κ1) is 15.4. The number of hydrogen-bond acceptors (Lipinski definition) is 4. The SMILES string of the molecule is CCCNC(c1cc(OC)ncn1)c1cccc(C)c1C. The molecule has 4 heteroatoms. The van der Waals surface area contributed by atoms with E-state index >= 15 is 0 Å². The van der Waals surface area contributed by atoms with Crippen molar-refractivity contribution < 1.29 is 4.74 Å². The molecule has 0 radical (unpaired) electrons. The highest BCUT2D eigenvalue weighted by molar-refractivity contribution is 5.39. The van der Waals surface area contributed by atoms with Gasteiger partial charge in [-0.2, -0.15) is 0 Å². The van der Waals surface area contributed by atoms with Crippen LogP contribution in [0.1, 0.15) is 41.8 Å². The molecular weight excluding hydrogens is 262 g/mol. The fourth-order valence-electron chi connectivity index (χ4n) is 2.37. The molecule has 1 unspecified atom stereocenters. The third-order valence-electron chi connectivity index (χ3n) is 3.72. The molecule has 1 heterocycles. The third-order valence-corrected chi connectivity index (χ3v) is 3.72. The monoisotopic (exact) mass is 285 g/mol. The average Bonchev–Trinajstić information content (AvgIpc) is 2.52. The van der Waals surface area contributed by atoms with Crippen LogP contribution in [0.2, 0.25) is 0 Å². The van der Waals surface area contributed by atoms with Crippen molar-refractivity contribution >= 4 is 0 Å². The molecule has 1 aromatic carbocycles. The zero-order chi connectivity index (χ0) is 15.2. The van der Waals surface area contributed by atoms with E-state index in [1.165, 1.54) is 16.7 Å². The summed E-state index contributed by atoms with van der Waals surface area (Å²) in [6, 6.07) is 8.34. The molecule has 0 saturated carbocycles. The summed E-state index contributed by atoms with van der Waals surface area (Å²) in [5, 5.41) is 3.58. The van der Waals surface area contributed by atoms with Gasteiger partial charge in [0.15, 0.2) is 0 Å². The van der Waals surface area contributed by atoms with Crippen molar-refractivity contribution in [2.75, 3.05) is 13.7 Å². The van der Waals surface area contributed by atoms with Crippen LogP contribution in [0.3, 0.4) is 0 Å². The zero-order valence-electron chi connectivity index (χ0n) is 13.2. The third kappa shape index (κ3) is 3.58. The van der Waals surface area contributed by atoms with Gasteiger partial charge >= 0.3 is 0 Å². The van der Waals surface area contributed by atoms with Crippen molar-refractivity contribution in [2.24, 2.45) is 0 Å². The lowest BCUT2D eigenvalue weighted by atomic mass is 9.95. The van der Waals surface area contributed by atoms with Crippen LogP contribution in [0, 0.1) is 13.8 Å². The van der Waals surface area contributed by atoms with Gasteiger partial charge < -0.3 is 10.1 Å². The molecule has 0 aliphatic heterocycles. The van der Waals surface area contributed by atoms with Crippen LogP contribution in [0.5, 0.6) is 5.88 Å². The standard InChI is InChI=1S/C17H23N3O/c1-5-9-18-17(14-8-6-7-12(2)13(14)3)15-10-16(21-4)20-11-19-15/h6-8,10-11,17-18H,5,9H2,1-4H3. The summed E-state index contributed by atoms with van der Waals surface area (Å²) in [5.41, 5.74) is 4.77. The minimum Gasteiger partial charge on any atom is -0.481 e. The highest BCUT2D eigenvalue weighted by Crippen LogP contribution is 2.26. The fourth-order valence-corrected chi connectivity index (χ4v) is 2.37. The normalized spacial score (nSPS) is 12.2. The Balaban J connectivity index is 2.44. The number of hydrogen-bond donors (Lipinski definition) is 1. The van der Waals surface area contributed by atoms with Crippen LogP contribution in [-0.4, -0.2) is 23.6 Å². The summed E-state index contributed by atoms with van der Waals surface area (Å²) >= 11 is 0. The number of nitrogens with zero attached hydrogens (tertiary/aromatic N) is 2. The number of nitrogens with one attached hydrogen (secondary N) is 1. The maximum absolute atomic E-state index is 5.22. The molecule has 1 atom stereocenters. The molecule has 0 bridgehead atoms. The molecule has 0 aliphatic rings. The summed E-state index contributed by atoms with van der Waals surface area (Å²) in [7, 11) is 1.62. The summed E-state index contributed by atoms with van der Waals surface area (Å²) < 4.78 is 5.22. The van der Waals surface area contributed by atoms with E-state index in [1.54, 1.807) is 13.4 Å². The van der Waals surface area contributed by atoms with Crippen LogP contribution in [0.4, 0.5) is 0 Å². The van der Waals surface area contributed by atoms with Crippen LogP contribution in [-0.2, 0) is 0 Å². The minimum atomic E-state index is 0.0572. The maximum atomic E-state index is 5.22. The van der Waals surface area contributed by atoms with Gasteiger partial charge in [0.1, 0.15) is 6.33 Å². The van der Waals surface area contributed by atoms with E-state index in [2.05, 4.69) is 54.3 Å². The van der Waals surface area contributed by atoms with E-state index in [0.29, 0.717) is 5.88 Å². The number of ether oxygens (including phenoxy) is 1. The molecule has 112 valence electrons. The Morgan fingerprint density at radius 2 is 2.05 bits per heavy atom. The second-order valence-corrected chi connectivity index (χ2v) is 5.16. The Morgan fingerprint density at radius 3 is 2.76 bits per heavy atom. The van der Waals surface area contributed by atoms with E-state index in [9.17, 15) is 0 Å². The van der Waals surface area contributed by atoms with Gasteiger partial charge in [-0.1, -0.05) is 25.1 Å². The number of methoxy groups -OCH3 is 1. The predicted molar refractivity (Wildman–Crippen MR) is 84.6 cm³/mol. The molecule has 0 amide bonds. The Hall–Kier alpha value is -1.94. The second-order valence-electron chi connectivity index (χ2n) is 5.16. The molecule has 0 fully saturated rings. The summed E-state index contributed by atoms with van der Waals surface area (Å²) in [6.45, 7) is 7.39. The summed E-state index contributed by atoms with van der Waals surface area (Å²) in [5.74, 6) is 0.591. The van der Waals surface area contributed by atoms with Gasteiger partial charge in [0, 0.05) is 6.07 Å². The van der Waals surface area contributed by atoms with Crippen molar-refractivity contribution in [2.45, 2.75) is 33.2 Å². The Morgan fingerprint density at radius 1 is 1.24 bits per heavy atom. The number of rotatable bonds is 6. The average molecular weight is 285 g/mol. The Bertz CT molecular complexity index is 598. The predicted octanol–water partition coefficient (Wildman–Crippen LogP) is 3.19. The highest BCUT2D eigenvalue weighted by Gasteiger charge is 2.18. The van der Waals surface area contributed by atoms with Crippen molar-refractivity contribution in [1.82, 2.24) is 15.3 Å². The molecule has 0 spiro atoms. The van der Waals surface area contributed by atoms with Crippen LogP contribution >= 0.6 is 0 Å². The molecular formula is C17H23N3O. The summed E-state index contributed by atoms with van der Waals surface area (Å²) in [4.78, 5) is 8.53. The molecule has 1 aromatic heterocycles. The molecule has 0 aliphatic carbocycles. The molecule has 1 N–H and O–H groups in total. The van der Waals surface area contributed by atoms with Gasteiger partial charge in [0.25, 0.3) is 0 Å². The largest absolute Gasteiger partial charge is 0.481 e. The second kappa shape index (κ2) is 7.18. The maximum Gasteiger partial charge on any atom is 0.216 e. The minimum absolute atomic E-state index is 0.0572. The van der Waals surface area contributed by atoms with E-state index in [-0.39, 0.29) is 6.04 Å².